The fourth-order valence-corrected chi connectivity index (χ4v) is 6.88. The van der Waals surface area contributed by atoms with E-state index in [4.69, 9.17) is 0 Å². The number of carbonyl (C=O) groups excluding carboxylic acids is 1. The van der Waals surface area contributed by atoms with Crippen LogP contribution in [0.15, 0.2) is 54.7 Å². The minimum Gasteiger partial charge on any atom is -0.367 e. The van der Waals surface area contributed by atoms with Crippen LogP contribution in [0.2, 0.25) is 0 Å². The number of anilines is 1. The number of fused-ring (bicyclic) bond motifs is 1. The lowest BCUT2D eigenvalue weighted by molar-refractivity contribution is -0.124. The fourth-order valence-electron chi connectivity index (χ4n) is 5.19. The topological polar surface area (TPSA) is 40.5 Å². The molecule has 0 spiro atoms. The molecule has 5 rings (SSSR count). The van der Waals surface area contributed by atoms with Crippen LogP contribution in [0, 0.1) is 5.82 Å². The maximum atomic E-state index is 13.5. The molecule has 2 aliphatic heterocycles. The Morgan fingerprint density at radius 1 is 1.03 bits per heavy atom. The zero-order valence-corrected chi connectivity index (χ0v) is 21.0. The van der Waals surface area contributed by atoms with Gasteiger partial charge in [0.25, 0.3) is 0 Å². The van der Waals surface area contributed by atoms with Gasteiger partial charge < -0.3 is 14.8 Å². The molecule has 3 aromatic rings. The van der Waals surface area contributed by atoms with Crippen LogP contribution in [0.3, 0.4) is 0 Å². The summed E-state index contributed by atoms with van der Waals surface area (Å²) in [5, 5.41) is 4.57. The smallest absolute Gasteiger partial charge is 0.237 e. The van der Waals surface area contributed by atoms with E-state index in [1.54, 1.807) is 11.8 Å². The Kier molecular flexibility index (Phi) is 6.10. The molecule has 7 heteroatoms. The van der Waals surface area contributed by atoms with Gasteiger partial charge in [0.15, 0.2) is 0 Å². The zero-order chi connectivity index (χ0) is 23.9. The lowest BCUT2D eigenvalue weighted by Gasteiger charge is -2.46. The van der Waals surface area contributed by atoms with Crippen LogP contribution in [-0.2, 0) is 4.79 Å². The first-order chi connectivity index (χ1) is 16.3. The second kappa shape index (κ2) is 8.93. The van der Waals surface area contributed by atoms with Crippen molar-refractivity contribution in [3.05, 3.63) is 60.5 Å². The molecule has 0 bridgehead atoms. The van der Waals surface area contributed by atoms with Gasteiger partial charge in [0.1, 0.15) is 10.8 Å². The first-order valence-corrected chi connectivity index (χ1v) is 13.0. The maximum absolute atomic E-state index is 13.5. The van der Waals surface area contributed by atoms with Crippen molar-refractivity contribution < 1.29 is 9.18 Å². The molecule has 1 aromatic heterocycles. The zero-order valence-electron chi connectivity index (χ0n) is 20.2. The Hall–Kier alpha value is -2.51. The van der Waals surface area contributed by atoms with E-state index in [-0.39, 0.29) is 16.7 Å². The monoisotopic (exact) mass is 480 g/mol. The Morgan fingerprint density at radius 2 is 1.74 bits per heavy atom. The number of thioether (sulfide) groups is 1. The van der Waals surface area contributed by atoms with Gasteiger partial charge in [-0.1, -0.05) is 31.5 Å². The molecule has 0 saturated carbocycles. The third kappa shape index (κ3) is 4.09. The SMILES string of the molecule is CCCCC1(N2CCN(c3cn(-c4ccc(F)cc4)c4ccccc34)CC2)NC(=O)C(C)(C)S1. The van der Waals surface area contributed by atoms with Gasteiger partial charge in [0.2, 0.25) is 5.91 Å². The average Bonchev–Trinajstić information content (AvgIpc) is 3.33. The lowest BCUT2D eigenvalue weighted by Crippen LogP contribution is -2.60. The van der Waals surface area contributed by atoms with Crippen LogP contribution < -0.4 is 10.2 Å². The molecule has 5 nitrogen and oxygen atoms in total. The molecule has 2 saturated heterocycles. The summed E-state index contributed by atoms with van der Waals surface area (Å²) in [6, 6.07) is 15.1. The van der Waals surface area contributed by atoms with Crippen molar-refractivity contribution in [2.24, 2.45) is 0 Å². The Morgan fingerprint density at radius 3 is 2.38 bits per heavy atom. The minimum absolute atomic E-state index is 0.137. The predicted octanol–water partition coefficient (Wildman–Crippen LogP) is 5.38. The van der Waals surface area contributed by atoms with Crippen molar-refractivity contribution in [1.82, 2.24) is 14.8 Å². The van der Waals surface area contributed by atoms with Gasteiger partial charge in [-0.2, -0.15) is 0 Å². The number of aromatic nitrogens is 1. The van der Waals surface area contributed by atoms with E-state index in [1.165, 1.54) is 23.2 Å². The van der Waals surface area contributed by atoms with Crippen LogP contribution >= 0.6 is 11.8 Å². The number of benzene rings is 2. The lowest BCUT2D eigenvalue weighted by atomic mass is 10.1. The number of hydrogen-bond acceptors (Lipinski definition) is 4. The van der Waals surface area contributed by atoms with E-state index in [1.807, 2.05) is 32.0 Å². The van der Waals surface area contributed by atoms with Gasteiger partial charge >= 0.3 is 0 Å². The molecule has 180 valence electrons. The molecule has 1 unspecified atom stereocenters. The van der Waals surface area contributed by atoms with Crippen molar-refractivity contribution in [2.75, 3.05) is 31.1 Å². The summed E-state index contributed by atoms with van der Waals surface area (Å²) in [7, 11) is 0. The fraction of sp³-hybridized carbons (Fsp3) is 0.444. The molecule has 0 radical (unpaired) electrons. The predicted molar refractivity (Wildman–Crippen MR) is 139 cm³/mol. The quantitative estimate of drug-likeness (QED) is 0.515. The number of unbranched alkanes of at least 4 members (excludes halogenated alkanes) is 1. The molecule has 2 aliphatic rings. The van der Waals surface area contributed by atoms with Gasteiger partial charge in [-0.25, -0.2) is 4.39 Å². The molecule has 2 fully saturated rings. The Labute approximate surface area is 205 Å². The van der Waals surface area contributed by atoms with Crippen molar-refractivity contribution >= 4 is 34.3 Å². The number of amides is 1. The first kappa shape index (κ1) is 23.2. The highest BCUT2D eigenvalue weighted by atomic mass is 32.2. The van der Waals surface area contributed by atoms with Gasteiger partial charge in [-0.15, -0.1) is 11.8 Å². The van der Waals surface area contributed by atoms with Crippen molar-refractivity contribution in [3.63, 3.8) is 0 Å². The second-order valence-electron chi connectivity index (χ2n) is 9.81. The number of nitrogens with zero attached hydrogens (tertiary/aromatic N) is 3. The van der Waals surface area contributed by atoms with E-state index >= 15 is 0 Å². The number of nitrogens with one attached hydrogen (secondary N) is 1. The summed E-state index contributed by atoms with van der Waals surface area (Å²) in [4.78, 5) is 17.3. The molecule has 1 amide bonds. The van der Waals surface area contributed by atoms with E-state index in [9.17, 15) is 9.18 Å². The number of halogens is 1. The van der Waals surface area contributed by atoms with E-state index < -0.39 is 4.75 Å². The van der Waals surface area contributed by atoms with Crippen molar-refractivity contribution in [2.45, 2.75) is 49.8 Å². The standard InChI is InChI=1S/C27H33FN4OS/c1-4-5-14-27(29-25(33)26(2,3)34-27)31-17-15-30(16-18-31)24-19-32(21-12-10-20(28)11-13-21)23-9-7-6-8-22(23)24/h6-13,19H,4-5,14-18H2,1-3H3,(H,29,33). The van der Waals surface area contributed by atoms with Gasteiger partial charge in [-0.3, -0.25) is 9.69 Å². The number of piperazine rings is 1. The Bertz CT molecular complexity index is 1180. The summed E-state index contributed by atoms with van der Waals surface area (Å²) >= 11 is 1.78. The average molecular weight is 481 g/mol. The van der Waals surface area contributed by atoms with Gasteiger partial charge in [-0.05, 0) is 57.0 Å². The molecule has 3 heterocycles. The van der Waals surface area contributed by atoms with Crippen molar-refractivity contribution in [3.8, 4) is 5.69 Å². The van der Waals surface area contributed by atoms with E-state index in [0.29, 0.717) is 0 Å². The van der Waals surface area contributed by atoms with Crippen LogP contribution in [0.1, 0.15) is 40.0 Å². The molecule has 1 atom stereocenters. The minimum atomic E-state index is -0.409. The largest absolute Gasteiger partial charge is 0.367 e. The van der Waals surface area contributed by atoms with Crippen LogP contribution in [0.5, 0.6) is 0 Å². The first-order valence-electron chi connectivity index (χ1n) is 12.2. The van der Waals surface area contributed by atoms with Crippen LogP contribution in [-0.4, -0.2) is 51.3 Å². The molecular formula is C27H33FN4OS. The van der Waals surface area contributed by atoms with Gasteiger partial charge in [0.05, 0.1) is 16.0 Å². The second-order valence-corrected chi connectivity index (χ2v) is 11.7. The van der Waals surface area contributed by atoms with E-state index in [0.717, 1.165) is 56.6 Å². The maximum Gasteiger partial charge on any atom is 0.237 e. The highest BCUT2D eigenvalue weighted by Gasteiger charge is 2.53. The summed E-state index contributed by atoms with van der Waals surface area (Å²) in [6.45, 7) is 9.83. The van der Waals surface area contributed by atoms with Crippen LogP contribution in [0.25, 0.3) is 16.6 Å². The molecular weight excluding hydrogens is 447 g/mol. The third-order valence-corrected chi connectivity index (χ3v) is 8.67. The third-order valence-electron chi connectivity index (χ3n) is 7.08. The van der Waals surface area contributed by atoms with E-state index in [2.05, 4.69) is 51.0 Å². The molecule has 34 heavy (non-hydrogen) atoms. The number of rotatable bonds is 6. The van der Waals surface area contributed by atoms with Crippen molar-refractivity contribution in [1.29, 1.82) is 0 Å². The molecule has 0 aliphatic carbocycles. The Balaban J connectivity index is 1.40. The summed E-state index contributed by atoms with van der Waals surface area (Å²) < 4.78 is 15.2. The molecule has 1 N–H and O–H groups in total. The summed E-state index contributed by atoms with van der Waals surface area (Å²) in [5.41, 5.74) is 3.27. The normalized spacial score (nSPS) is 22.9. The van der Waals surface area contributed by atoms with Gasteiger partial charge in [0, 0.05) is 43.4 Å². The van der Waals surface area contributed by atoms with Crippen LogP contribution in [0.4, 0.5) is 10.1 Å². The number of hydrogen-bond donors (Lipinski definition) is 1. The summed E-state index contributed by atoms with van der Waals surface area (Å²) in [6.07, 6.45) is 5.35. The highest BCUT2D eigenvalue weighted by molar-refractivity contribution is 8.03. The number of para-hydroxylation sites is 1. The molecule has 2 aromatic carbocycles. The highest BCUT2D eigenvalue weighted by Crippen LogP contribution is 2.47. The summed E-state index contributed by atoms with van der Waals surface area (Å²) in [5.74, 6) is -0.0907. The number of carbonyl (C=O) groups is 1.